The fourth-order valence-electron chi connectivity index (χ4n) is 3.07. The van der Waals surface area contributed by atoms with Gasteiger partial charge in [0, 0.05) is 16.6 Å². The van der Waals surface area contributed by atoms with Gasteiger partial charge in [-0.3, -0.25) is 9.59 Å². The zero-order valence-corrected chi connectivity index (χ0v) is 20.8. The SMILES string of the molecule is C#Cc1ccc(C(C(=O)NC(C)(C)C)N(C(=O)CNC(=O)OC(C)(C)C)C(C)(C)C)cc1. The predicted octanol–water partition coefficient (Wildman–Crippen LogP) is 3.78. The van der Waals surface area contributed by atoms with Crippen LogP contribution in [0.15, 0.2) is 24.3 Å². The molecule has 1 unspecified atom stereocenters. The first-order valence-corrected chi connectivity index (χ1v) is 10.6. The summed E-state index contributed by atoms with van der Waals surface area (Å²) in [6.07, 6.45) is 4.76. The lowest BCUT2D eigenvalue weighted by molar-refractivity contribution is -0.146. The van der Waals surface area contributed by atoms with Crippen molar-refractivity contribution in [3.05, 3.63) is 35.4 Å². The Morgan fingerprint density at radius 1 is 1.00 bits per heavy atom. The molecular formula is C25H37N3O4. The van der Waals surface area contributed by atoms with E-state index in [0.29, 0.717) is 11.1 Å². The molecule has 7 nitrogen and oxygen atoms in total. The molecule has 0 aromatic heterocycles. The van der Waals surface area contributed by atoms with Gasteiger partial charge in [-0.2, -0.15) is 0 Å². The van der Waals surface area contributed by atoms with Crippen molar-refractivity contribution in [3.8, 4) is 12.3 Å². The molecule has 0 aliphatic rings. The normalized spacial score (nSPS) is 12.9. The van der Waals surface area contributed by atoms with Crippen LogP contribution in [-0.2, 0) is 14.3 Å². The van der Waals surface area contributed by atoms with Crippen LogP contribution in [0.4, 0.5) is 4.79 Å². The average Bonchev–Trinajstić information content (AvgIpc) is 2.60. The maximum atomic E-state index is 13.4. The maximum absolute atomic E-state index is 13.4. The zero-order valence-electron chi connectivity index (χ0n) is 20.8. The van der Waals surface area contributed by atoms with Crippen molar-refractivity contribution in [1.29, 1.82) is 0 Å². The third-order valence-corrected chi connectivity index (χ3v) is 4.17. The molecule has 1 atom stereocenters. The summed E-state index contributed by atoms with van der Waals surface area (Å²) in [5.74, 6) is 1.81. The highest BCUT2D eigenvalue weighted by Gasteiger charge is 2.39. The fraction of sp³-hybridized carbons (Fsp3) is 0.560. The summed E-state index contributed by atoms with van der Waals surface area (Å²) in [5, 5.41) is 5.46. The van der Waals surface area contributed by atoms with Gasteiger partial charge < -0.3 is 20.3 Å². The van der Waals surface area contributed by atoms with Gasteiger partial charge in [-0.25, -0.2) is 4.79 Å². The molecule has 0 bridgehead atoms. The summed E-state index contributed by atoms with van der Waals surface area (Å²) in [6, 6.07) is 6.03. The first kappa shape index (κ1) is 27.0. The molecule has 7 heteroatoms. The highest BCUT2D eigenvalue weighted by Crippen LogP contribution is 2.30. The summed E-state index contributed by atoms with van der Waals surface area (Å²) in [4.78, 5) is 40.2. The van der Waals surface area contributed by atoms with E-state index in [2.05, 4.69) is 16.6 Å². The van der Waals surface area contributed by atoms with E-state index in [-0.39, 0.29) is 12.5 Å². The minimum absolute atomic E-state index is 0.312. The molecule has 0 saturated heterocycles. The van der Waals surface area contributed by atoms with E-state index >= 15 is 0 Å². The molecule has 1 aromatic rings. The Balaban J connectivity index is 3.34. The molecule has 2 N–H and O–H groups in total. The van der Waals surface area contributed by atoms with Gasteiger partial charge in [0.25, 0.3) is 0 Å². The van der Waals surface area contributed by atoms with Crippen LogP contribution in [0, 0.1) is 12.3 Å². The van der Waals surface area contributed by atoms with E-state index in [9.17, 15) is 14.4 Å². The fourth-order valence-corrected chi connectivity index (χ4v) is 3.07. The molecule has 0 saturated carbocycles. The van der Waals surface area contributed by atoms with Crippen molar-refractivity contribution in [1.82, 2.24) is 15.5 Å². The van der Waals surface area contributed by atoms with Crippen LogP contribution in [0.2, 0.25) is 0 Å². The Labute approximate surface area is 192 Å². The number of amides is 3. The smallest absolute Gasteiger partial charge is 0.408 e. The van der Waals surface area contributed by atoms with Gasteiger partial charge in [0.2, 0.25) is 11.8 Å². The first-order chi connectivity index (χ1) is 14.4. The van der Waals surface area contributed by atoms with Gasteiger partial charge in [-0.05, 0) is 80.0 Å². The van der Waals surface area contributed by atoms with Crippen LogP contribution in [0.3, 0.4) is 0 Å². The van der Waals surface area contributed by atoms with Crippen LogP contribution in [0.5, 0.6) is 0 Å². The van der Waals surface area contributed by atoms with Gasteiger partial charge in [-0.15, -0.1) is 6.42 Å². The zero-order chi connectivity index (χ0) is 24.9. The summed E-state index contributed by atoms with van der Waals surface area (Å²) < 4.78 is 5.22. The van der Waals surface area contributed by atoms with E-state index in [4.69, 9.17) is 11.2 Å². The highest BCUT2D eigenvalue weighted by atomic mass is 16.6. The molecule has 0 aliphatic carbocycles. The number of alkyl carbamates (subject to hydrolysis) is 1. The Kier molecular flexibility index (Phi) is 8.51. The molecule has 32 heavy (non-hydrogen) atoms. The van der Waals surface area contributed by atoms with Gasteiger partial charge in [0.15, 0.2) is 0 Å². The van der Waals surface area contributed by atoms with Crippen LogP contribution < -0.4 is 10.6 Å². The first-order valence-electron chi connectivity index (χ1n) is 10.6. The van der Waals surface area contributed by atoms with Crippen LogP contribution in [-0.4, -0.2) is 46.0 Å². The number of carbonyl (C=O) groups excluding carboxylic acids is 3. The Hall–Kier alpha value is -3.01. The van der Waals surface area contributed by atoms with Gasteiger partial charge in [0.05, 0.1) is 0 Å². The topological polar surface area (TPSA) is 87.7 Å². The number of nitrogens with zero attached hydrogens (tertiary/aromatic N) is 1. The van der Waals surface area contributed by atoms with Crippen molar-refractivity contribution in [2.45, 2.75) is 85.0 Å². The summed E-state index contributed by atoms with van der Waals surface area (Å²) in [6.45, 7) is 16.0. The second kappa shape index (κ2) is 10.1. The maximum Gasteiger partial charge on any atom is 0.408 e. The van der Waals surface area contributed by atoms with Crippen LogP contribution in [0.25, 0.3) is 0 Å². The molecule has 0 spiro atoms. The Morgan fingerprint density at radius 3 is 1.94 bits per heavy atom. The summed E-state index contributed by atoms with van der Waals surface area (Å²) >= 11 is 0. The second-order valence-corrected chi connectivity index (χ2v) is 10.7. The minimum Gasteiger partial charge on any atom is -0.444 e. The van der Waals surface area contributed by atoms with Crippen molar-refractivity contribution in [2.75, 3.05) is 6.54 Å². The molecular weight excluding hydrogens is 406 g/mol. The standard InChI is InChI=1S/C25H37N3O4/c1-11-17-12-14-18(15-13-17)20(21(30)27-23(2,3)4)28(24(5,6)7)19(29)16-26-22(31)32-25(8,9)10/h1,12-15,20H,16H2,2-10H3,(H,26,31)(H,27,30). The number of rotatable bonds is 5. The molecule has 0 heterocycles. The lowest BCUT2D eigenvalue weighted by Crippen LogP contribution is -2.56. The average molecular weight is 444 g/mol. The molecule has 3 amide bonds. The molecule has 0 aliphatic heterocycles. The van der Waals surface area contributed by atoms with Gasteiger partial charge >= 0.3 is 6.09 Å². The van der Waals surface area contributed by atoms with E-state index in [1.807, 2.05) is 41.5 Å². The molecule has 0 fully saturated rings. The largest absolute Gasteiger partial charge is 0.444 e. The Morgan fingerprint density at radius 2 is 1.53 bits per heavy atom. The number of benzene rings is 1. The van der Waals surface area contributed by atoms with Crippen molar-refractivity contribution in [3.63, 3.8) is 0 Å². The van der Waals surface area contributed by atoms with Gasteiger partial charge in [-0.1, -0.05) is 18.1 Å². The van der Waals surface area contributed by atoms with E-state index in [1.54, 1.807) is 45.0 Å². The van der Waals surface area contributed by atoms with E-state index in [0.717, 1.165) is 0 Å². The molecule has 1 aromatic carbocycles. The highest BCUT2D eigenvalue weighted by molar-refractivity contribution is 5.91. The number of hydrogen-bond acceptors (Lipinski definition) is 4. The van der Waals surface area contributed by atoms with Crippen molar-refractivity contribution >= 4 is 17.9 Å². The second-order valence-electron chi connectivity index (χ2n) is 10.7. The molecule has 0 radical (unpaired) electrons. The molecule has 176 valence electrons. The minimum atomic E-state index is -0.922. The van der Waals surface area contributed by atoms with Crippen molar-refractivity contribution < 1.29 is 19.1 Å². The quantitative estimate of drug-likeness (QED) is 0.678. The van der Waals surface area contributed by atoms with E-state index in [1.165, 1.54) is 4.90 Å². The van der Waals surface area contributed by atoms with Crippen LogP contribution >= 0.6 is 0 Å². The van der Waals surface area contributed by atoms with Crippen LogP contribution in [0.1, 0.15) is 79.5 Å². The third-order valence-electron chi connectivity index (χ3n) is 4.17. The monoisotopic (exact) mass is 443 g/mol. The van der Waals surface area contributed by atoms with Gasteiger partial charge in [0.1, 0.15) is 18.2 Å². The number of hydrogen-bond donors (Lipinski definition) is 2. The summed E-state index contributed by atoms with van der Waals surface area (Å²) in [5.41, 5.74) is -0.632. The van der Waals surface area contributed by atoms with E-state index < -0.39 is 34.7 Å². The third kappa shape index (κ3) is 8.62. The number of nitrogens with one attached hydrogen (secondary N) is 2. The molecule has 1 rings (SSSR count). The summed E-state index contributed by atoms with van der Waals surface area (Å²) in [7, 11) is 0. The predicted molar refractivity (Wildman–Crippen MR) is 126 cm³/mol. The Bertz CT molecular complexity index is 863. The number of terminal acetylenes is 1. The lowest BCUT2D eigenvalue weighted by Gasteiger charge is -2.42. The lowest BCUT2D eigenvalue weighted by atomic mass is 9.95. The number of carbonyl (C=O) groups is 3. The van der Waals surface area contributed by atoms with Crippen molar-refractivity contribution in [2.24, 2.45) is 0 Å². The number of ether oxygens (including phenoxy) is 1.